The predicted octanol–water partition coefficient (Wildman–Crippen LogP) is 6.41. The number of benzene rings is 4. The number of hydrogen-bond acceptors (Lipinski definition) is 8. The highest BCUT2D eigenvalue weighted by molar-refractivity contribution is 6.19. The molecule has 212 valence electrons. The van der Waals surface area contributed by atoms with Gasteiger partial charge >= 0.3 is 11.9 Å². The quantitative estimate of drug-likeness (QED) is 0.0928. The van der Waals surface area contributed by atoms with E-state index in [0.717, 1.165) is 5.56 Å². The Kier molecular flexibility index (Phi) is 7.70. The molecule has 4 aromatic carbocycles. The lowest BCUT2D eigenvalue weighted by molar-refractivity contribution is -0.384. The molecule has 0 radical (unpaired) electrons. The fourth-order valence-electron chi connectivity index (χ4n) is 5.07. The summed E-state index contributed by atoms with van der Waals surface area (Å²) in [5, 5.41) is 22.6. The van der Waals surface area contributed by atoms with Crippen molar-refractivity contribution in [1.29, 1.82) is 0 Å². The highest BCUT2D eigenvalue weighted by Gasteiger charge is 2.25. The van der Waals surface area contributed by atoms with Gasteiger partial charge in [0.1, 0.15) is 18.1 Å². The number of esters is 1. The Hall–Kier alpha value is -5.51. The monoisotopic (exact) mass is 566 g/mol. The van der Waals surface area contributed by atoms with Gasteiger partial charge in [-0.3, -0.25) is 10.1 Å². The molecule has 0 aliphatic rings. The third-order valence-electron chi connectivity index (χ3n) is 6.89. The minimum Gasteiger partial charge on any atom is -0.497 e. The zero-order chi connectivity index (χ0) is 30.0. The van der Waals surface area contributed by atoms with Gasteiger partial charge in [-0.05, 0) is 66.4 Å². The van der Waals surface area contributed by atoms with E-state index in [9.17, 15) is 24.8 Å². The lowest BCUT2D eigenvalue weighted by atomic mass is 9.88. The molecule has 0 amide bonds. The second-order valence-corrected chi connectivity index (χ2v) is 9.65. The summed E-state index contributed by atoms with van der Waals surface area (Å²) in [4.78, 5) is 41.3. The smallest absolute Gasteiger partial charge is 0.344 e. The van der Waals surface area contributed by atoms with E-state index >= 15 is 0 Å². The van der Waals surface area contributed by atoms with Gasteiger partial charge in [-0.25, -0.2) is 14.6 Å². The van der Waals surface area contributed by atoms with Gasteiger partial charge in [0.25, 0.3) is 5.69 Å². The fourth-order valence-corrected chi connectivity index (χ4v) is 5.07. The maximum Gasteiger partial charge on any atom is 0.344 e. The number of fused-ring (bicyclic) bond motifs is 2. The number of aromatic carboxylic acids is 1. The Morgan fingerprint density at radius 3 is 2.26 bits per heavy atom. The highest BCUT2D eigenvalue weighted by Crippen LogP contribution is 2.44. The van der Waals surface area contributed by atoms with Crippen LogP contribution in [-0.2, 0) is 16.1 Å². The molecule has 0 saturated carbocycles. The predicted molar refractivity (Wildman–Crippen MR) is 156 cm³/mol. The molecule has 0 aliphatic carbocycles. The van der Waals surface area contributed by atoms with Crippen LogP contribution >= 0.6 is 0 Å². The number of rotatable bonds is 9. The number of methoxy groups -OCH3 is 1. The van der Waals surface area contributed by atoms with Crippen molar-refractivity contribution in [3.8, 4) is 22.6 Å². The zero-order valence-electron chi connectivity index (χ0n) is 23.0. The summed E-state index contributed by atoms with van der Waals surface area (Å²) >= 11 is 0. The third-order valence-corrected chi connectivity index (χ3v) is 6.89. The van der Waals surface area contributed by atoms with Crippen LogP contribution in [0.1, 0.15) is 27.0 Å². The van der Waals surface area contributed by atoms with Crippen molar-refractivity contribution < 1.29 is 33.8 Å². The number of nitro benzene ring substituents is 1. The Bertz CT molecular complexity index is 1850. The summed E-state index contributed by atoms with van der Waals surface area (Å²) in [5.41, 5.74) is 3.41. The van der Waals surface area contributed by atoms with Crippen LogP contribution in [0.5, 0.6) is 11.5 Å². The lowest BCUT2D eigenvalue weighted by Gasteiger charge is -2.20. The van der Waals surface area contributed by atoms with Crippen LogP contribution in [0, 0.1) is 24.0 Å². The number of aromatic nitrogens is 1. The van der Waals surface area contributed by atoms with Crippen molar-refractivity contribution in [2.24, 2.45) is 0 Å². The SMILES string of the molecule is COc1ccc2nc3ccc(OCC(=O)OCc4ccccc4)c(-c4c(C)cc([N+](=O)[O-])cc4C)c3c(C(=O)O)c2c1. The van der Waals surface area contributed by atoms with Gasteiger partial charge in [-0.1, -0.05) is 30.3 Å². The van der Waals surface area contributed by atoms with Gasteiger partial charge < -0.3 is 19.3 Å². The van der Waals surface area contributed by atoms with Gasteiger partial charge in [-0.2, -0.15) is 0 Å². The maximum atomic E-state index is 12.8. The van der Waals surface area contributed by atoms with Crippen molar-refractivity contribution >= 4 is 39.4 Å². The molecule has 5 rings (SSSR count). The van der Waals surface area contributed by atoms with Gasteiger partial charge in [0.2, 0.25) is 0 Å². The van der Waals surface area contributed by atoms with Gasteiger partial charge in [-0.15, -0.1) is 0 Å². The van der Waals surface area contributed by atoms with E-state index in [2.05, 4.69) is 0 Å². The largest absolute Gasteiger partial charge is 0.497 e. The van der Waals surface area contributed by atoms with E-state index in [1.165, 1.54) is 19.2 Å². The van der Waals surface area contributed by atoms with Crippen molar-refractivity contribution in [2.45, 2.75) is 20.5 Å². The lowest BCUT2D eigenvalue weighted by Crippen LogP contribution is -2.15. The van der Waals surface area contributed by atoms with Crippen LogP contribution in [0.4, 0.5) is 5.69 Å². The molecular formula is C32H26N2O8. The van der Waals surface area contributed by atoms with Crippen LogP contribution in [0.25, 0.3) is 32.9 Å². The second kappa shape index (κ2) is 11.5. The number of carboxylic acid groups (broad SMARTS) is 1. The molecular weight excluding hydrogens is 540 g/mol. The summed E-state index contributed by atoms with van der Waals surface area (Å²) in [6.45, 7) is 3.01. The van der Waals surface area contributed by atoms with Crippen LogP contribution < -0.4 is 9.47 Å². The summed E-state index contributed by atoms with van der Waals surface area (Å²) in [6, 6.07) is 20.2. The molecule has 10 nitrogen and oxygen atoms in total. The van der Waals surface area contributed by atoms with E-state index in [1.54, 1.807) is 44.2 Å². The number of aryl methyl sites for hydroxylation is 2. The minimum absolute atomic E-state index is 0.0434. The van der Waals surface area contributed by atoms with Crippen molar-refractivity contribution in [2.75, 3.05) is 13.7 Å². The Labute approximate surface area is 240 Å². The molecule has 0 saturated heterocycles. The van der Waals surface area contributed by atoms with Crippen molar-refractivity contribution in [3.05, 3.63) is 105 Å². The number of non-ortho nitro benzene ring substituents is 1. The van der Waals surface area contributed by atoms with E-state index in [4.69, 9.17) is 19.2 Å². The van der Waals surface area contributed by atoms with Gasteiger partial charge in [0.05, 0.1) is 28.6 Å². The molecule has 0 aliphatic heterocycles. The molecule has 1 N–H and O–H groups in total. The number of carboxylic acids is 1. The fraction of sp³-hybridized carbons (Fsp3) is 0.156. The number of carbonyl (C=O) groups is 2. The average molecular weight is 567 g/mol. The first-order chi connectivity index (χ1) is 20.2. The highest BCUT2D eigenvalue weighted by atomic mass is 16.6. The second-order valence-electron chi connectivity index (χ2n) is 9.65. The van der Waals surface area contributed by atoms with E-state index in [-0.39, 0.29) is 29.0 Å². The Morgan fingerprint density at radius 2 is 1.62 bits per heavy atom. The van der Waals surface area contributed by atoms with E-state index < -0.39 is 23.5 Å². The van der Waals surface area contributed by atoms with Crippen LogP contribution in [0.15, 0.2) is 72.8 Å². The number of nitrogens with zero attached hydrogens (tertiary/aromatic N) is 2. The summed E-state index contributed by atoms with van der Waals surface area (Å²) in [7, 11) is 1.48. The minimum atomic E-state index is -1.21. The van der Waals surface area contributed by atoms with Crippen LogP contribution in [0.3, 0.4) is 0 Å². The Morgan fingerprint density at radius 1 is 0.929 bits per heavy atom. The number of ether oxygens (including phenoxy) is 3. The average Bonchev–Trinajstić information content (AvgIpc) is 2.97. The van der Waals surface area contributed by atoms with Crippen molar-refractivity contribution in [3.63, 3.8) is 0 Å². The summed E-state index contributed by atoms with van der Waals surface area (Å²) in [6.07, 6.45) is 0. The molecule has 0 spiro atoms. The molecule has 0 fully saturated rings. The van der Waals surface area contributed by atoms with Crippen molar-refractivity contribution in [1.82, 2.24) is 4.98 Å². The van der Waals surface area contributed by atoms with Gasteiger partial charge in [0, 0.05) is 28.5 Å². The van der Waals surface area contributed by atoms with Gasteiger partial charge in [0.15, 0.2) is 6.61 Å². The first-order valence-electron chi connectivity index (χ1n) is 12.9. The zero-order valence-corrected chi connectivity index (χ0v) is 23.0. The maximum absolute atomic E-state index is 12.8. The summed E-state index contributed by atoms with van der Waals surface area (Å²) in [5.74, 6) is -1.19. The Balaban J connectivity index is 1.70. The standard InChI is InChI=1S/C32H26N2O8/c1-18-13-21(34(38)39)14-19(2)28(18)31-26(41-17-27(35)42-16-20-7-5-4-6-8-20)12-11-25-30(31)29(32(36)37)23-15-22(40-3)9-10-24(23)33-25/h4-15H,16-17H2,1-3H3,(H,36,37). The first kappa shape index (κ1) is 28.0. The number of hydrogen-bond donors (Lipinski definition) is 1. The van der Waals surface area contributed by atoms with E-state index in [0.29, 0.717) is 44.4 Å². The molecule has 5 aromatic rings. The van der Waals surface area contributed by atoms with E-state index in [1.807, 2.05) is 30.3 Å². The molecule has 0 bridgehead atoms. The molecule has 0 atom stereocenters. The normalized spacial score (nSPS) is 10.9. The molecule has 1 aromatic heterocycles. The number of nitro groups is 1. The third kappa shape index (κ3) is 5.42. The number of carbonyl (C=O) groups excluding carboxylic acids is 1. The molecule has 42 heavy (non-hydrogen) atoms. The molecule has 1 heterocycles. The number of pyridine rings is 1. The summed E-state index contributed by atoms with van der Waals surface area (Å²) < 4.78 is 16.7. The first-order valence-corrected chi connectivity index (χ1v) is 12.9. The topological polar surface area (TPSA) is 138 Å². The van der Waals surface area contributed by atoms with Crippen LogP contribution in [0.2, 0.25) is 0 Å². The molecule has 0 unspecified atom stereocenters. The molecule has 10 heteroatoms. The van der Waals surface area contributed by atoms with Crippen LogP contribution in [-0.4, -0.2) is 40.7 Å².